The second-order valence-corrected chi connectivity index (χ2v) is 4.11. The summed E-state index contributed by atoms with van der Waals surface area (Å²) in [5, 5.41) is 5.39. The van der Waals surface area contributed by atoms with Gasteiger partial charge in [-0.25, -0.2) is 4.68 Å². The van der Waals surface area contributed by atoms with Gasteiger partial charge in [0.05, 0.1) is 12.0 Å². The Morgan fingerprint density at radius 1 is 1.15 bits per heavy atom. The van der Waals surface area contributed by atoms with Gasteiger partial charge in [-0.3, -0.25) is 14.7 Å². The van der Waals surface area contributed by atoms with E-state index in [0.29, 0.717) is 11.5 Å². The van der Waals surface area contributed by atoms with Gasteiger partial charge in [0.15, 0.2) is 5.76 Å². The number of nitrogens with zero attached hydrogens (tertiary/aromatic N) is 1. The van der Waals surface area contributed by atoms with Gasteiger partial charge in [0.2, 0.25) is 0 Å². The Hall–Kier alpha value is -3.02. The topological polar surface area (TPSA) is 80.0 Å². The number of anilines is 1. The van der Waals surface area contributed by atoms with Gasteiger partial charge in [-0.05, 0) is 24.3 Å². The summed E-state index contributed by atoms with van der Waals surface area (Å²) in [5.41, 5.74) is 0.432. The third-order valence-corrected chi connectivity index (χ3v) is 2.73. The summed E-state index contributed by atoms with van der Waals surface area (Å²) in [5.74, 6) is 0.0648. The molecule has 1 aromatic carbocycles. The Labute approximate surface area is 113 Å². The van der Waals surface area contributed by atoms with Gasteiger partial charge >= 0.3 is 0 Å². The van der Waals surface area contributed by atoms with Crippen molar-refractivity contribution in [1.29, 1.82) is 0 Å². The van der Waals surface area contributed by atoms with Gasteiger partial charge in [-0.15, -0.1) is 0 Å². The van der Waals surface area contributed by atoms with Crippen molar-refractivity contribution in [3.05, 3.63) is 70.9 Å². The van der Waals surface area contributed by atoms with E-state index >= 15 is 0 Å². The first-order valence-electron chi connectivity index (χ1n) is 5.96. The van der Waals surface area contributed by atoms with Crippen molar-refractivity contribution in [2.45, 2.75) is 0 Å². The average molecular weight is 269 g/mol. The number of aromatic amines is 1. The number of carbonyl (C=O) groups is 1. The Bertz CT molecular complexity index is 770. The molecular weight excluding hydrogens is 258 g/mol. The van der Waals surface area contributed by atoms with Crippen LogP contribution in [-0.2, 0) is 0 Å². The first-order chi connectivity index (χ1) is 9.74. The van der Waals surface area contributed by atoms with Gasteiger partial charge in [-0.1, -0.05) is 18.2 Å². The number of carbonyl (C=O) groups excluding carboxylic acids is 1. The number of rotatable bonds is 3. The van der Waals surface area contributed by atoms with Gasteiger partial charge in [-0.2, -0.15) is 0 Å². The van der Waals surface area contributed by atoms with E-state index in [4.69, 9.17) is 4.42 Å². The zero-order valence-corrected chi connectivity index (χ0v) is 10.4. The Kier molecular flexibility index (Phi) is 2.96. The van der Waals surface area contributed by atoms with Crippen LogP contribution in [0.1, 0.15) is 10.6 Å². The monoisotopic (exact) mass is 269 g/mol. The van der Waals surface area contributed by atoms with E-state index in [0.717, 1.165) is 0 Å². The number of H-pyrrole nitrogens is 1. The van der Waals surface area contributed by atoms with Crippen LogP contribution in [-0.4, -0.2) is 15.7 Å². The molecule has 100 valence electrons. The fourth-order valence-electron chi connectivity index (χ4n) is 1.82. The Balaban J connectivity index is 1.87. The van der Waals surface area contributed by atoms with Crippen LogP contribution in [0.3, 0.4) is 0 Å². The van der Waals surface area contributed by atoms with E-state index in [1.54, 1.807) is 24.3 Å². The van der Waals surface area contributed by atoms with Crippen molar-refractivity contribution < 1.29 is 9.21 Å². The molecule has 0 radical (unpaired) electrons. The van der Waals surface area contributed by atoms with Crippen molar-refractivity contribution in [3.63, 3.8) is 0 Å². The summed E-state index contributed by atoms with van der Waals surface area (Å²) in [6.45, 7) is 0. The molecule has 3 rings (SSSR count). The maximum absolute atomic E-state index is 11.9. The molecule has 0 aliphatic rings. The zero-order valence-electron chi connectivity index (χ0n) is 10.4. The maximum Gasteiger partial charge on any atom is 0.292 e. The minimum atomic E-state index is -0.420. The maximum atomic E-state index is 11.9. The predicted molar refractivity (Wildman–Crippen MR) is 73.1 cm³/mol. The smallest absolute Gasteiger partial charge is 0.292 e. The van der Waals surface area contributed by atoms with Crippen LogP contribution in [0.5, 0.6) is 0 Å². The molecule has 0 unspecified atom stereocenters. The summed E-state index contributed by atoms with van der Waals surface area (Å²) < 4.78 is 6.32. The van der Waals surface area contributed by atoms with Gasteiger partial charge in [0.25, 0.3) is 11.5 Å². The molecule has 0 atom stereocenters. The van der Waals surface area contributed by atoms with E-state index in [1.165, 1.54) is 17.0 Å². The second-order valence-electron chi connectivity index (χ2n) is 4.11. The summed E-state index contributed by atoms with van der Waals surface area (Å²) in [6.07, 6.45) is 1.41. The number of para-hydroxylation sites is 1. The number of furan rings is 1. The lowest BCUT2D eigenvalue weighted by molar-refractivity contribution is 0.0996. The van der Waals surface area contributed by atoms with Crippen LogP contribution in [0.15, 0.2) is 64.0 Å². The number of aromatic nitrogens is 2. The van der Waals surface area contributed by atoms with E-state index in [2.05, 4.69) is 10.4 Å². The molecule has 2 aromatic heterocycles. The molecule has 2 N–H and O–H groups in total. The summed E-state index contributed by atoms with van der Waals surface area (Å²) in [4.78, 5) is 23.7. The minimum Gasteiger partial charge on any atom is -0.459 e. The van der Waals surface area contributed by atoms with E-state index in [-0.39, 0.29) is 11.3 Å². The molecule has 3 aromatic rings. The summed E-state index contributed by atoms with van der Waals surface area (Å²) >= 11 is 0. The Morgan fingerprint density at radius 3 is 2.65 bits per heavy atom. The molecule has 2 heterocycles. The largest absolute Gasteiger partial charge is 0.459 e. The lowest BCUT2D eigenvalue weighted by Crippen LogP contribution is -2.13. The summed E-state index contributed by atoms with van der Waals surface area (Å²) in [7, 11) is 0. The molecule has 0 spiro atoms. The standard InChI is InChI=1S/C14H11N3O3/c18-13-9-12(15-14(19)11-7-4-8-20-11)16-17(13)10-5-2-1-3-6-10/h1-9,16H,(H,15,19). The van der Waals surface area contributed by atoms with Crippen LogP contribution >= 0.6 is 0 Å². The number of hydrogen-bond donors (Lipinski definition) is 2. The highest BCUT2D eigenvalue weighted by atomic mass is 16.3. The number of benzene rings is 1. The van der Waals surface area contributed by atoms with Crippen molar-refractivity contribution in [2.75, 3.05) is 5.32 Å². The van der Waals surface area contributed by atoms with Crippen LogP contribution in [0.2, 0.25) is 0 Å². The second kappa shape index (κ2) is 4.93. The highest BCUT2D eigenvalue weighted by Gasteiger charge is 2.11. The van der Waals surface area contributed by atoms with Crippen LogP contribution < -0.4 is 10.9 Å². The first-order valence-corrected chi connectivity index (χ1v) is 5.96. The number of hydrogen-bond acceptors (Lipinski definition) is 3. The highest BCUT2D eigenvalue weighted by molar-refractivity contribution is 6.01. The molecule has 0 bridgehead atoms. The lowest BCUT2D eigenvalue weighted by atomic mass is 10.3. The Morgan fingerprint density at radius 2 is 1.95 bits per heavy atom. The van der Waals surface area contributed by atoms with Crippen molar-refractivity contribution in [2.24, 2.45) is 0 Å². The molecule has 1 amide bonds. The minimum absolute atomic E-state index is 0.179. The molecule has 6 nitrogen and oxygen atoms in total. The first kappa shape index (κ1) is 12.0. The quantitative estimate of drug-likeness (QED) is 0.763. The van der Waals surface area contributed by atoms with Crippen LogP contribution in [0.25, 0.3) is 5.69 Å². The fourth-order valence-corrected chi connectivity index (χ4v) is 1.82. The van der Waals surface area contributed by atoms with Crippen LogP contribution in [0.4, 0.5) is 5.82 Å². The summed E-state index contributed by atoms with van der Waals surface area (Å²) in [6, 6.07) is 13.6. The highest BCUT2D eigenvalue weighted by Crippen LogP contribution is 2.08. The lowest BCUT2D eigenvalue weighted by Gasteiger charge is -2.02. The molecule has 6 heteroatoms. The zero-order chi connectivity index (χ0) is 13.9. The molecule has 0 saturated heterocycles. The van der Waals surface area contributed by atoms with Crippen LogP contribution in [0, 0.1) is 0 Å². The number of nitrogens with one attached hydrogen (secondary N) is 2. The third-order valence-electron chi connectivity index (χ3n) is 2.73. The van der Waals surface area contributed by atoms with Gasteiger partial charge in [0.1, 0.15) is 5.82 Å². The van der Waals surface area contributed by atoms with E-state index < -0.39 is 5.91 Å². The number of amides is 1. The molecule has 0 aliphatic carbocycles. The third kappa shape index (κ3) is 2.26. The SMILES string of the molecule is O=C(Nc1cc(=O)n(-c2ccccc2)[nH]1)c1ccco1. The van der Waals surface area contributed by atoms with Gasteiger partial charge < -0.3 is 9.73 Å². The predicted octanol–water partition coefficient (Wildman–Crippen LogP) is 2.01. The molecule has 0 fully saturated rings. The fraction of sp³-hybridized carbons (Fsp3) is 0. The molecular formula is C14H11N3O3. The van der Waals surface area contributed by atoms with Gasteiger partial charge in [0, 0.05) is 6.07 Å². The van der Waals surface area contributed by atoms with E-state index in [1.807, 2.05) is 18.2 Å². The molecule has 0 aliphatic heterocycles. The van der Waals surface area contributed by atoms with Crippen molar-refractivity contribution in [1.82, 2.24) is 9.78 Å². The molecule has 20 heavy (non-hydrogen) atoms. The van der Waals surface area contributed by atoms with Crippen molar-refractivity contribution >= 4 is 11.7 Å². The van der Waals surface area contributed by atoms with Crippen molar-refractivity contribution in [3.8, 4) is 5.69 Å². The molecule has 0 saturated carbocycles. The van der Waals surface area contributed by atoms with E-state index in [9.17, 15) is 9.59 Å². The normalized spacial score (nSPS) is 10.4. The average Bonchev–Trinajstić information content (AvgIpc) is 3.09.